The molecule has 0 bridgehead atoms. The summed E-state index contributed by atoms with van der Waals surface area (Å²) in [5.74, 6) is 6.36. The van der Waals surface area contributed by atoms with Gasteiger partial charge in [-0.05, 0) is 62.1 Å². The summed E-state index contributed by atoms with van der Waals surface area (Å²) in [6, 6.07) is 12.4. The largest absolute Gasteiger partial charge is 0.386 e. The second-order valence-corrected chi connectivity index (χ2v) is 11.8. The van der Waals surface area contributed by atoms with Crippen LogP contribution in [0.1, 0.15) is 38.3 Å². The number of rotatable bonds is 1. The zero-order valence-corrected chi connectivity index (χ0v) is 18.2. The zero-order chi connectivity index (χ0) is 20.6. The highest BCUT2D eigenvalue weighted by Gasteiger charge is 2.67. The van der Waals surface area contributed by atoms with E-state index < -0.39 is 20.1 Å². The van der Waals surface area contributed by atoms with Crippen molar-refractivity contribution < 1.29 is 8.42 Å². The van der Waals surface area contributed by atoms with Crippen molar-refractivity contribution in [2.75, 3.05) is 5.75 Å². The SMILES string of the molecule is CC#Cc1ccc2sc3ccc([C@]4(C)CS(=O)(=O)[C@@]5(CC5C)C(N)=N4)cc3c2c1. The summed E-state index contributed by atoms with van der Waals surface area (Å²) in [6.07, 6.45) is 0.580. The maximum absolute atomic E-state index is 13.1. The molecule has 5 rings (SSSR count). The molecule has 6 heteroatoms. The van der Waals surface area contributed by atoms with Gasteiger partial charge < -0.3 is 5.73 Å². The van der Waals surface area contributed by atoms with Crippen LogP contribution in [0.25, 0.3) is 20.2 Å². The summed E-state index contributed by atoms with van der Waals surface area (Å²) in [7, 11) is -3.37. The van der Waals surface area contributed by atoms with E-state index >= 15 is 0 Å². The number of fused-ring (bicyclic) bond motifs is 3. The summed E-state index contributed by atoms with van der Waals surface area (Å²) in [6.45, 7) is 5.64. The summed E-state index contributed by atoms with van der Waals surface area (Å²) < 4.78 is 27.7. The Hall–Kier alpha value is -2.36. The molecular formula is C23H22N2O2S2. The fourth-order valence-electron chi connectivity index (χ4n) is 4.72. The standard InChI is InChI=1S/C23H22N2O2S2/c1-4-5-15-6-8-19-17(10-15)18-11-16(7-9-20(18)28-19)22(3)13-29(26,27)23(12-14(23)2)21(24)25-22/h6-11,14H,12-13H2,1-3H3,(H2,24,25)/t14?,22-,23+/m0/s1. The molecule has 1 aromatic heterocycles. The Morgan fingerprint density at radius 2 is 1.83 bits per heavy atom. The van der Waals surface area contributed by atoms with Crippen LogP contribution in [0.4, 0.5) is 0 Å². The zero-order valence-electron chi connectivity index (χ0n) is 16.6. The van der Waals surface area contributed by atoms with Crippen molar-refractivity contribution in [3.8, 4) is 11.8 Å². The Morgan fingerprint density at radius 1 is 1.17 bits per heavy atom. The molecule has 0 radical (unpaired) electrons. The predicted molar refractivity (Wildman–Crippen MR) is 121 cm³/mol. The van der Waals surface area contributed by atoms with E-state index in [1.54, 1.807) is 11.3 Å². The van der Waals surface area contributed by atoms with Crippen molar-refractivity contribution in [2.45, 2.75) is 37.5 Å². The predicted octanol–water partition coefficient (Wildman–Crippen LogP) is 4.21. The molecule has 1 fully saturated rings. The fourth-order valence-corrected chi connectivity index (χ4v) is 8.50. The van der Waals surface area contributed by atoms with Crippen LogP contribution in [0, 0.1) is 17.8 Å². The molecule has 4 nitrogen and oxygen atoms in total. The van der Waals surface area contributed by atoms with Gasteiger partial charge in [-0.1, -0.05) is 18.9 Å². The van der Waals surface area contributed by atoms with E-state index in [0.717, 1.165) is 26.6 Å². The van der Waals surface area contributed by atoms with Crippen LogP contribution < -0.4 is 5.73 Å². The maximum Gasteiger partial charge on any atom is 0.166 e. The monoisotopic (exact) mass is 422 g/mol. The Bertz CT molecular complexity index is 1390. The number of aliphatic imine (C=N–C) groups is 1. The highest BCUT2D eigenvalue weighted by Crippen LogP contribution is 2.54. The van der Waals surface area contributed by atoms with Crippen LogP contribution in [-0.4, -0.2) is 24.8 Å². The van der Waals surface area contributed by atoms with Gasteiger partial charge >= 0.3 is 0 Å². The minimum Gasteiger partial charge on any atom is -0.386 e. The van der Waals surface area contributed by atoms with Crippen molar-refractivity contribution in [3.05, 3.63) is 47.5 Å². The number of sulfone groups is 1. The molecule has 2 heterocycles. The van der Waals surface area contributed by atoms with Crippen LogP contribution in [0.5, 0.6) is 0 Å². The van der Waals surface area contributed by atoms with E-state index in [0.29, 0.717) is 6.42 Å². The molecule has 1 aliphatic heterocycles. The van der Waals surface area contributed by atoms with E-state index in [4.69, 9.17) is 10.7 Å². The average molecular weight is 423 g/mol. The second kappa shape index (κ2) is 5.84. The lowest BCUT2D eigenvalue weighted by molar-refractivity contribution is 0.510. The van der Waals surface area contributed by atoms with Gasteiger partial charge in [-0.2, -0.15) is 0 Å². The van der Waals surface area contributed by atoms with Gasteiger partial charge in [-0.3, -0.25) is 4.99 Å². The van der Waals surface area contributed by atoms with E-state index in [2.05, 4.69) is 36.1 Å². The molecule has 2 aromatic carbocycles. The number of benzene rings is 2. The number of hydrogen-bond donors (Lipinski definition) is 1. The number of hydrogen-bond acceptors (Lipinski definition) is 5. The smallest absolute Gasteiger partial charge is 0.166 e. The highest BCUT2D eigenvalue weighted by atomic mass is 32.2. The first-order chi connectivity index (χ1) is 13.7. The lowest BCUT2D eigenvalue weighted by Gasteiger charge is -2.34. The first kappa shape index (κ1) is 18.7. The third-order valence-corrected chi connectivity index (χ3v) is 10.4. The van der Waals surface area contributed by atoms with Gasteiger partial charge in [-0.25, -0.2) is 8.42 Å². The van der Waals surface area contributed by atoms with E-state index in [1.165, 1.54) is 4.70 Å². The molecule has 3 aromatic rings. The van der Waals surface area contributed by atoms with Gasteiger partial charge in [0.2, 0.25) is 0 Å². The summed E-state index contributed by atoms with van der Waals surface area (Å²) >= 11 is 1.73. The molecule has 148 valence electrons. The Morgan fingerprint density at radius 3 is 2.45 bits per heavy atom. The molecule has 0 saturated heterocycles. The van der Waals surface area contributed by atoms with Gasteiger partial charge in [0.05, 0.1) is 11.3 Å². The van der Waals surface area contributed by atoms with Crippen LogP contribution >= 0.6 is 11.3 Å². The summed E-state index contributed by atoms with van der Waals surface area (Å²) in [5.41, 5.74) is 7.23. The van der Waals surface area contributed by atoms with Gasteiger partial charge in [0, 0.05) is 25.7 Å². The summed E-state index contributed by atoms with van der Waals surface area (Å²) in [4.78, 5) is 4.76. The molecule has 2 N–H and O–H groups in total. The van der Waals surface area contributed by atoms with Crippen LogP contribution in [-0.2, 0) is 15.4 Å². The number of thiophene rings is 1. The maximum atomic E-state index is 13.1. The quantitative estimate of drug-likeness (QED) is 0.597. The molecule has 0 amide bonds. The molecule has 2 aliphatic rings. The molecule has 29 heavy (non-hydrogen) atoms. The number of nitrogens with zero attached hydrogens (tertiary/aromatic N) is 1. The molecule has 1 aliphatic carbocycles. The van der Waals surface area contributed by atoms with Gasteiger partial charge in [-0.15, -0.1) is 17.3 Å². The Balaban J connectivity index is 1.69. The van der Waals surface area contributed by atoms with Gasteiger partial charge in [0.1, 0.15) is 10.6 Å². The van der Waals surface area contributed by atoms with Crippen molar-refractivity contribution in [1.29, 1.82) is 0 Å². The Kier molecular flexibility index (Phi) is 3.76. The van der Waals surface area contributed by atoms with Crippen molar-refractivity contribution in [3.63, 3.8) is 0 Å². The van der Waals surface area contributed by atoms with Crippen LogP contribution in [0.2, 0.25) is 0 Å². The number of amidine groups is 1. The van der Waals surface area contributed by atoms with Crippen LogP contribution in [0.3, 0.4) is 0 Å². The normalized spacial score (nSPS) is 30.2. The molecular weight excluding hydrogens is 400 g/mol. The minimum absolute atomic E-state index is 0.00875. The third kappa shape index (κ3) is 2.50. The van der Waals surface area contributed by atoms with Crippen molar-refractivity contribution >= 4 is 47.2 Å². The topological polar surface area (TPSA) is 72.5 Å². The molecule has 1 saturated carbocycles. The highest BCUT2D eigenvalue weighted by molar-refractivity contribution is 7.94. The molecule has 1 spiro atoms. The first-order valence-electron chi connectivity index (χ1n) is 9.68. The van der Waals surface area contributed by atoms with Gasteiger partial charge in [0.25, 0.3) is 0 Å². The average Bonchev–Trinajstić information content (AvgIpc) is 3.22. The van der Waals surface area contributed by atoms with Crippen molar-refractivity contribution in [1.82, 2.24) is 0 Å². The van der Waals surface area contributed by atoms with Gasteiger partial charge in [0.15, 0.2) is 9.84 Å². The Labute approximate surface area is 174 Å². The minimum atomic E-state index is -3.37. The van der Waals surface area contributed by atoms with E-state index in [9.17, 15) is 8.42 Å². The van der Waals surface area contributed by atoms with E-state index in [-0.39, 0.29) is 17.5 Å². The molecule has 1 unspecified atom stereocenters. The molecule has 3 atom stereocenters. The summed E-state index contributed by atoms with van der Waals surface area (Å²) in [5, 5.41) is 2.24. The fraction of sp³-hybridized carbons (Fsp3) is 0.348. The second-order valence-electron chi connectivity index (χ2n) is 8.42. The first-order valence-corrected chi connectivity index (χ1v) is 12.1. The van der Waals surface area contributed by atoms with Crippen LogP contribution in [0.15, 0.2) is 41.4 Å². The lowest BCUT2D eigenvalue weighted by Crippen LogP contribution is -2.51. The van der Waals surface area contributed by atoms with Crippen molar-refractivity contribution in [2.24, 2.45) is 16.6 Å². The lowest BCUT2D eigenvalue weighted by atomic mass is 9.92. The third-order valence-electron chi connectivity index (χ3n) is 6.43. The number of nitrogens with two attached hydrogens (primary N) is 1. The van der Waals surface area contributed by atoms with E-state index in [1.807, 2.05) is 32.9 Å².